The number of rotatable bonds is 2. The second-order valence-electron chi connectivity index (χ2n) is 5.40. The van der Waals surface area contributed by atoms with Gasteiger partial charge in [0.15, 0.2) is 0 Å². The summed E-state index contributed by atoms with van der Waals surface area (Å²) in [5.41, 5.74) is -0.435. The Kier molecular flexibility index (Phi) is 5.50. The Labute approximate surface area is 117 Å². The van der Waals surface area contributed by atoms with Gasteiger partial charge in [-0.05, 0) is 33.6 Å². The monoisotopic (exact) mass is 355 g/mol. The topological polar surface area (TPSA) is 38.8 Å². The summed E-state index contributed by atoms with van der Waals surface area (Å²) in [6, 6.07) is 0.144. The van der Waals surface area contributed by atoms with E-state index in [1.807, 2.05) is 25.7 Å². The summed E-state index contributed by atoms with van der Waals surface area (Å²) in [6.45, 7) is 7.01. The molecule has 5 heteroatoms. The van der Waals surface area contributed by atoms with Gasteiger partial charge in [0, 0.05) is 17.6 Å². The number of hydrogen-bond donors (Lipinski definition) is 0. The first-order valence-electron chi connectivity index (χ1n) is 5.96. The minimum Gasteiger partial charge on any atom is -0.444 e. The van der Waals surface area contributed by atoms with Gasteiger partial charge >= 0.3 is 6.09 Å². The fourth-order valence-corrected chi connectivity index (χ4v) is 2.78. The molecule has 1 amide bonds. The van der Waals surface area contributed by atoms with Crippen molar-refractivity contribution >= 4 is 28.7 Å². The molecule has 2 atom stereocenters. The lowest BCUT2D eigenvalue weighted by atomic mass is 10.0. The van der Waals surface area contributed by atoms with E-state index in [0.29, 0.717) is 10.5 Å². The third-order valence-electron chi connectivity index (χ3n) is 2.64. The summed E-state index contributed by atoms with van der Waals surface area (Å²) in [7, 11) is 1.67. The third-order valence-corrected chi connectivity index (χ3v) is 3.77. The van der Waals surface area contributed by atoms with Crippen LogP contribution < -0.4 is 0 Å². The third kappa shape index (κ3) is 4.99. The summed E-state index contributed by atoms with van der Waals surface area (Å²) in [5, 5.41) is 0. The molecule has 1 heterocycles. The summed E-state index contributed by atoms with van der Waals surface area (Å²) in [4.78, 5) is 13.9. The van der Waals surface area contributed by atoms with Crippen LogP contribution in [0.25, 0.3) is 0 Å². The molecule has 1 aliphatic heterocycles. The van der Waals surface area contributed by atoms with E-state index in [1.54, 1.807) is 7.11 Å². The highest BCUT2D eigenvalue weighted by atomic mass is 127. The van der Waals surface area contributed by atoms with Crippen LogP contribution in [-0.4, -0.2) is 46.8 Å². The van der Waals surface area contributed by atoms with Gasteiger partial charge < -0.3 is 14.4 Å². The number of alkyl halides is 1. The molecule has 0 aromatic carbocycles. The van der Waals surface area contributed by atoms with Crippen molar-refractivity contribution < 1.29 is 14.3 Å². The number of halogens is 1. The van der Waals surface area contributed by atoms with Crippen LogP contribution in [0.4, 0.5) is 4.79 Å². The van der Waals surface area contributed by atoms with Gasteiger partial charge in [0.1, 0.15) is 5.60 Å². The van der Waals surface area contributed by atoms with Gasteiger partial charge in [-0.1, -0.05) is 22.6 Å². The van der Waals surface area contributed by atoms with Crippen LogP contribution >= 0.6 is 22.6 Å². The molecule has 1 saturated heterocycles. The number of likely N-dealkylation sites (tertiary alicyclic amines) is 1. The number of ether oxygens (including phenoxy) is 2. The molecule has 4 nitrogen and oxygen atoms in total. The van der Waals surface area contributed by atoms with E-state index in [-0.39, 0.29) is 12.1 Å². The maximum Gasteiger partial charge on any atom is 0.410 e. The first-order valence-corrected chi connectivity index (χ1v) is 7.20. The molecule has 17 heavy (non-hydrogen) atoms. The highest BCUT2D eigenvalue weighted by molar-refractivity contribution is 14.1. The van der Waals surface area contributed by atoms with E-state index in [9.17, 15) is 4.79 Å². The van der Waals surface area contributed by atoms with E-state index in [2.05, 4.69) is 22.6 Å². The van der Waals surface area contributed by atoms with Crippen LogP contribution in [-0.2, 0) is 9.47 Å². The molecule has 0 aromatic rings. The molecule has 1 rings (SSSR count). The summed E-state index contributed by atoms with van der Waals surface area (Å²) in [5.74, 6) is 0. The van der Waals surface area contributed by atoms with E-state index in [1.165, 1.54) is 0 Å². The lowest BCUT2D eigenvalue weighted by molar-refractivity contribution is -0.00104. The molecule has 2 unspecified atom stereocenters. The number of nitrogens with zero attached hydrogens (tertiary/aromatic N) is 1. The van der Waals surface area contributed by atoms with Gasteiger partial charge in [-0.3, -0.25) is 0 Å². The minimum absolute atomic E-state index is 0.144. The Bertz CT molecular complexity index is 265. The maximum atomic E-state index is 12.1. The smallest absolute Gasteiger partial charge is 0.410 e. The van der Waals surface area contributed by atoms with E-state index in [4.69, 9.17) is 9.47 Å². The molecular formula is C12H22INO3. The van der Waals surface area contributed by atoms with Crippen LogP contribution in [0.2, 0.25) is 0 Å². The Morgan fingerprint density at radius 3 is 2.65 bits per heavy atom. The normalized spacial score (nSPS) is 25.8. The zero-order valence-corrected chi connectivity index (χ0v) is 13.2. The average Bonchev–Trinajstić information content (AvgIpc) is 2.15. The van der Waals surface area contributed by atoms with Crippen LogP contribution in [0, 0.1) is 0 Å². The number of carbonyl (C=O) groups is 1. The van der Waals surface area contributed by atoms with Crippen molar-refractivity contribution in [2.24, 2.45) is 0 Å². The molecule has 0 radical (unpaired) electrons. The first-order chi connectivity index (χ1) is 7.83. The molecular weight excluding hydrogens is 333 g/mol. The Balaban J connectivity index is 2.62. The number of methoxy groups -OCH3 is 1. The lowest BCUT2D eigenvalue weighted by Gasteiger charge is -2.38. The maximum absolute atomic E-state index is 12.1. The summed E-state index contributed by atoms with van der Waals surface area (Å²) >= 11 is 2.44. The Morgan fingerprint density at radius 2 is 2.12 bits per heavy atom. The predicted molar refractivity (Wildman–Crippen MR) is 75.6 cm³/mol. The molecule has 0 spiro atoms. The Hall–Kier alpha value is -0.0400. The van der Waals surface area contributed by atoms with Gasteiger partial charge in [0.2, 0.25) is 0 Å². The molecule has 0 aromatic heterocycles. The number of piperidine rings is 1. The van der Waals surface area contributed by atoms with Crippen LogP contribution in [0.15, 0.2) is 0 Å². The largest absolute Gasteiger partial charge is 0.444 e. The highest BCUT2D eigenvalue weighted by Gasteiger charge is 2.33. The fourth-order valence-electron chi connectivity index (χ4n) is 1.91. The molecule has 0 aliphatic carbocycles. The minimum atomic E-state index is -0.435. The van der Waals surface area contributed by atoms with Crippen LogP contribution in [0.1, 0.15) is 33.6 Å². The molecule has 0 saturated carbocycles. The summed E-state index contributed by atoms with van der Waals surface area (Å²) in [6.07, 6.45) is 1.79. The highest BCUT2D eigenvalue weighted by Crippen LogP contribution is 2.25. The van der Waals surface area contributed by atoms with Gasteiger partial charge in [0.25, 0.3) is 0 Å². The van der Waals surface area contributed by atoms with Crippen LogP contribution in [0.3, 0.4) is 0 Å². The van der Waals surface area contributed by atoms with Crippen molar-refractivity contribution in [3.8, 4) is 0 Å². The van der Waals surface area contributed by atoms with Crippen molar-refractivity contribution in [2.75, 3.05) is 20.3 Å². The zero-order valence-electron chi connectivity index (χ0n) is 11.0. The molecule has 100 valence electrons. The van der Waals surface area contributed by atoms with Crippen molar-refractivity contribution in [3.63, 3.8) is 0 Å². The average molecular weight is 355 g/mol. The van der Waals surface area contributed by atoms with Crippen LogP contribution in [0.5, 0.6) is 0 Å². The van der Waals surface area contributed by atoms with Gasteiger partial charge in [0.05, 0.1) is 12.6 Å². The number of carbonyl (C=O) groups excluding carboxylic acids is 1. The predicted octanol–water partition coefficient (Wildman–Crippen LogP) is 2.84. The lowest BCUT2D eigenvalue weighted by Crippen LogP contribution is -2.50. The van der Waals surface area contributed by atoms with Crippen molar-refractivity contribution in [1.29, 1.82) is 0 Å². The first kappa shape index (κ1) is 15.0. The molecule has 0 N–H and O–H groups in total. The van der Waals surface area contributed by atoms with Crippen molar-refractivity contribution in [1.82, 2.24) is 4.90 Å². The van der Waals surface area contributed by atoms with Crippen molar-refractivity contribution in [3.05, 3.63) is 0 Å². The molecule has 1 aliphatic rings. The van der Waals surface area contributed by atoms with Gasteiger partial charge in [-0.15, -0.1) is 0 Å². The molecule has 0 bridgehead atoms. The van der Waals surface area contributed by atoms with E-state index >= 15 is 0 Å². The van der Waals surface area contributed by atoms with Crippen molar-refractivity contribution in [2.45, 2.75) is 49.2 Å². The van der Waals surface area contributed by atoms with Gasteiger partial charge in [-0.25, -0.2) is 4.79 Å². The quantitative estimate of drug-likeness (QED) is 0.565. The van der Waals surface area contributed by atoms with Gasteiger partial charge in [-0.2, -0.15) is 0 Å². The van der Waals surface area contributed by atoms with E-state index < -0.39 is 5.60 Å². The van der Waals surface area contributed by atoms with E-state index in [0.717, 1.165) is 19.4 Å². The molecule has 1 fully saturated rings. The summed E-state index contributed by atoms with van der Waals surface area (Å²) < 4.78 is 11.2. The second kappa shape index (κ2) is 6.22. The second-order valence-corrected chi connectivity index (χ2v) is 7.17. The standard InChI is InChI=1S/C12H22INO3/c1-12(2,3)17-11(15)14-6-5-9(13)7-10(14)8-16-4/h9-10H,5-8H2,1-4H3. The number of hydrogen-bond acceptors (Lipinski definition) is 3. The SMILES string of the molecule is COCC1CC(I)CCN1C(=O)OC(C)(C)C. The zero-order chi connectivity index (χ0) is 13.1. The Morgan fingerprint density at radius 1 is 1.47 bits per heavy atom. The number of amides is 1. The fraction of sp³-hybridized carbons (Fsp3) is 0.917.